The lowest BCUT2D eigenvalue weighted by molar-refractivity contribution is 0.0697. The first-order chi connectivity index (χ1) is 10.1. The predicted molar refractivity (Wildman–Crippen MR) is 76.1 cm³/mol. The van der Waals surface area contributed by atoms with Gasteiger partial charge in [-0.25, -0.2) is 14.0 Å². The number of aromatic carboxylic acids is 1. The molecule has 21 heavy (non-hydrogen) atoms. The zero-order valence-electron chi connectivity index (χ0n) is 11.6. The van der Waals surface area contributed by atoms with Crippen molar-refractivity contribution < 1.29 is 19.1 Å². The summed E-state index contributed by atoms with van der Waals surface area (Å²) in [7, 11) is 0. The van der Waals surface area contributed by atoms with Gasteiger partial charge in [-0.15, -0.1) is 0 Å². The Morgan fingerprint density at radius 3 is 2.67 bits per heavy atom. The van der Waals surface area contributed by atoms with Crippen LogP contribution in [-0.4, -0.2) is 48.2 Å². The second-order valence-electron chi connectivity index (χ2n) is 4.93. The van der Waals surface area contributed by atoms with Crippen LogP contribution in [0.1, 0.15) is 23.2 Å². The van der Waals surface area contributed by atoms with Crippen LogP contribution in [0.3, 0.4) is 0 Å². The van der Waals surface area contributed by atoms with E-state index in [1.165, 1.54) is 12.8 Å². The molecule has 7 heteroatoms. The Kier molecular flexibility index (Phi) is 5.10. The number of hydrogen-bond donors (Lipinski definition) is 3. The van der Waals surface area contributed by atoms with Gasteiger partial charge in [0, 0.05) is 13.1 Å². The van der Waals surface area contributed by atoms with Gasteiger partial charge in [0.15, 0.2) is 0 Å². The molecule has 0 aromatic heterocycles. The number of benzene rings is 1. The quantitative estimate of drug-likeness (QED) is 0.773. The second kappa shape index (κ2) is 7.03. The Morgan fingerprint density at radius 2 is 2.00 bits per heavy atom. The number of anilines is 1. The van der Waals surface area contributed by atoms with Crippen molar-refractivity contribution in [3.05, 3.63) is 29.6 Å². The minimum atomic E-state index is -1.17. The molecule has 0 spiro atoms. The van der Waals surface area contributed by atoms with Crippen LogP contribution in [0.5, 0.6) is 0 Å². The Morgan fingerprint density at radius 1 is 1.29 bits per heavy atom. The summed E-state index contributed by atoms with van der Waals surface area (Å²) in [5, 5.41) is 13.8. The fourth-order valence-corrected chi connectivity index (χ4v) is 2.25. The normalized spacial score (nSPS) is 14.9. The number of halogens is 1. The topological polar surface area (TPSA) is 81.7 Å². The summed E-state index contributed by atoms with van der Waals surface area (Å²) in [6.07, 6.45) is 2.36. The molecule has 1 aliphatic heterocycles. The standard InChI is InChI=1S/C14H18FN3O3/c15-11-4-3-10(13(19)20)9-12(11)17-14(21)16-5-8-18-6-1-2-7-18/h3-4,9H,1-2,5-8H2,(H,19,20)(H2,16,17,21). The molecule has 2 rings (SSSR count). The molecule has 1 fully saturated rings. The van der Waals surface area contributed by atoms with Gasteiger partial charge in [0.2, 0.25) is 0 Å². The number of amides is 2. The fourth-order valence-electron chi connectivity index (χ4n) is 2.25. The number of carbonyl (C=O) groups excluding carboxylic acids is 1. The van der Waals surface area contributed by atoms with Crippen LogP contribution in [0.25, 0.3) is 0 Å². The number of rotatable bonds is 5. The predicted octanol–water partition coefficient (Wildman–Crippen LogP) is 1.74. The number of hydrogen-bond acceptors (Lipinski definition) is 3. The average molecular weight is 295 g/mol. The SMILES string of the molecule is O=C(NCCN1CCCC1)Nc1cc(C(=O)O)ccc1F. The average Bonchev–Trinajstić information content (AvgIpc) is 2.94. The van der Waals surface area contributed by atoms with Gasteiger partial charge < -0.3 is 20.6 Å². The van der Waals surface area contributed by atoms with E-state index in [4.69, 9.17) is 5.11 Å². The van der Waals surface area contributed by atoms with Gasteiger partial charge in [-0.05, 0) is 44.1 Å². The van der Waals surface area contributed by atoms with Gasteiger partial charge in [0.1, 0.15) is 5.82 Å². The minimum Gasteiger partial charge on any atom is -0.478 e. The maximum atomic E-state index is 13.5. The summed E-state index contributed by atoms with van der Waals surface area (Å²) < 4.78 is 13.5. The van der Waals surface area contributed by atoms with Gasteiger partial charge in [0.25, 0.3) is 0 Å². The van der Waals surface area contributed by atoms with Crippen LogP contribution in [0.15, 0.2) is 18.2 Å². The van der Waals surface area contributed by atoms with Crippen molar-refractivity contribution in [1.29, 1.82) is 0 Å². The van der Waals surface area contributed by atoms with E-state index in [2.05, 4.69) is 15.5 Å². The lowest BCUT2D eigenvalue weighted by atomic mass is 10.2. The molecule has 0 aliphatic carbocycles. The molecule has 3 N–H and O–H groups in total. The number of carboxylic acids is 1. The molecular formula is C14H18FN3O3. The fraction of sp³-hybridized carbons (Fsp3) is 0.429. The van der Waals surface area contributed by atoms with Crippen LogP contribution in [-0.2, 0) is 0 Å². The first kappa shape index (κ1) is 15.2. The van der Waals surface area contributed by atoms with Crippen LogP contribution >= 0.6 is 0 Å². The van der Waals surface area contributed by atoms with Gasteiger partial charge >= 0.3 is 12.0 Å². The molecule has 2 amide bonds. The van der Waals surface area contributed by atoms with Gasteiger partial charge in [0.05, 0.1) is 11.3 Å². The molecule has 0 bridgehead atoms. The summed E-state index contributed by atoms with van der Waals surface area (Å²) in [4.78, 5) is 24.7. The van der Waals surface area contributed by atoms with Crippen LogP contribution in [0, 0.1) is 5.82 Å². The Balaban J connectivity index is 1.84. The third kappa shape index (κ3) is 4.42. The van der Waals surface area contributed by atoms with E-state index in [9.17, 15) is 14.0 Å². The summed E-state index contributed by atoms with van der Waals surface area (Å²) in [6, 6.07) is 2.71. The van der Waals surface area contributed by atoms with Crippen molar-refractivity contribution in [2.24, 2.45) is 0 Å². The molecule has 0 atom stereocenters. The zero-order valence-corrected chi connectivity index (χ0v) is 11.6. The second-order valence-corrected chi connectivity index (χ2v) is 4.93. The summed E-state index contributed by atoms with van der Waals surface area (Å²) >= 11 is 0. The third-order valence-corrected chi connectivity index (χ3v) is 3.37. The van der Waals surface area contributed by atoms with Gasteiger partial charge in [-0.1, -0.05) is 0 Å². The molecule has 0 unspecified atom stereocenters. The monoisotopic (exact) mass is 295 g/mol. The van der Waals surface area contributed by atoms with Crippen LogP contribution in [0.4, 0.5) is 14.9 Å². The lowest BCUT2D eigenvalue weighted by Gasteiger charge is -2.15. The number of nitrogens with zero attached hydrogens (tertiary/aromatic N) is 1. The highest BCUT2D eigenvalue weighted by Crippen LogP contribution is 2.16. The molecule has 0 radical (unpaired) electrons. The van der Waals surface area contributed by atoms with E-state index in [0.29, 0.717) is 6.54 Å². The Hall–Kier alpha value is -2.15. The maximum Gasteiger partial charge on any atom is 0.335 e. The van der Waals surface area contributed by atoms with Crippen LogP contribution in [0.2, 0.25) is 0 Å². The highest BCUT2D eigenvalue weighted by molar-refractivity contribution is 5.93. The van der Waals surface area contributed by atoms with Crippen molar-refractivity contribution in [2.75, 3.05) is 31.5 Å². The first-order valence-electron chi connectivity index (χ1n) is 6.86. The lowest BCUT2D eigenvalue weighted by Crippen LogP contribution is -2.36. The van der Waals surface area contributed by atoms with Crippen molar-refractivity contribution in [3.63, 3.8) is 0 Å². The van der Waals surface area contributed by atoms with E-state index >= 15 is 0 Å². The maximum absolute atomic E-state index is 13.5. The van der Waals surface area contributed by atoms with E-state index in [-0.39, 0.29) is 11.3 Å². The summed E-state index contributed by atoms with van der Waals surface area (Å²) in [5.41, 5.74) is -0.225. The summed E-state index contributed by atoms with van der Waals surface area (Å²) in [5.74, 6) is -1.85. The Labute approximate surface area is 121 Å². The number of likely N-dealkylation sites (tertiary alicyclic amines) is 1. The van der Waals surface area contributed by atoms with Crippen molar-refractivity contribution >= 4 is 17.7 Å². The summed E-state index contributed by atoms with van der Waals surface area (Å²) in [6.45, 7) is 3.30. The molecular weight excluding hydrogens is 277 g/mol. The van der Waals surface area contributed by atoms with E-state index < -0.39 is 17.8 Å². The minimum absolute atomic E-state index is 0.0798. The number of carboxylic acid groups (broad SMARTS) is 1. The van der Waals surface area contributed by atoms with E-state index in [1.807, 2.05) is 0 Å². The van der Waals surface area contributed by atoms with Gasteiger partial charge in [-0.2, -0.15) is 0 Å². The molecule has 1 saturated heterocycles. The van der Waals surface area contributed by atoms with Gasteiger partial charge in [-0.3, -0.25) is 0 Å². The molecule has 1 aromatic carbocycles. The first-order valence-corrected chi connectivity index (χ1v) is 6.86. The molecule has 114 valence electrons. The van der Waals surface area contributed by atoms with Crippen LogP contribution < -0.4 is 10.6 Å². The molecule has 1 aromatic rings. The molecule has 6 nitrogen and oxygen atoms in total. The molecule has 1 aliphatic rings. The Bertz CT molecular complexity index is 530. The largest absolute Gasteiger partial charge is 0.478 e. The number of urea groups is 1. The number of carbonyl (C=O) groups is 2. The van der Waals surface area contributed by atoms with Crippen molar-refractivity contribution in [2.45, 2.75) is 12.8 Å². The van der Waals surface area contributed by atoms with E-state index in [1.54, 1.807) is 0 Å². The zero-order chi connectivity index (χ0) is 15.2. The highest BCUT2D eigenvalue weighted by atomic mass is 19.1. The molecule has 0 saturated carbocycles. The molecule has 1 heterocycles. The van der Waals surface area contributed by atoms with Crippen molar-refractivity contribution in [3.8, 4) is 0 Å². The highest BCUT2D eigenvalue weighted by Gasteiger charge is 2.13. The smallest absolute Gasteiger partial charge is 0.335 e. The van der Waals surface area contributed by atoms with E-state index in [0.717, 1.165) is 37.8 Å². The third-order valence-electron chi connectivity index (χ3n) is 3.37. The number of nitrogens with one attached hydrogen (secondary N) is 2. The van der Waals surface area contributed by atoms with Crippen molar-refractivity contribution in [1.82, 2.24) is 10.2 Å².